The van der Waals surface area contributed by atoms with Gasteiger partial charge in [-0.05, 0) is 25.3 Å². The molecule has 0 saturated heterocycles. The van der Waals surface area contributed by atoms with Crippen LogP contribution >= 0.6 is 0 Å². The first kappa shape index (κ1) is 15.2. The van der Waals surface area contributed by atoms with E-state index in [1.54, 1.807) is 0 Å². The minimum absolute atomic E-state index is 0.393. The largest absolute Gasteiger partial charge is 0.380 e. The van der Waals surface area contributed by atoms with Crippen LogP contribution in [0, 0.1) is 5.92 Å². The Morgan fingerprint density at radius 1 is 1.39 bits per heavy atom. The van der Waals surface area contributed by atoms with Crippen LogP contribution in [0.4, 0.5) is 0 Å². The molecule has 0 fully saturated rings. The van der Waals surface area contributed by atoms with E-state index in [1.165, 1.54) is 5.69 Å². The van der Waals surface area contributed by atoms with Gasteiger partial charge in [-0.1, -0.05) is 20.8 Å². The second-order valence-electron chi connectivity index (χ2n) is 5.00. The van der Waals surface area contributed by atoms with E-state index in [4.69, 9.17) is 4.74 Å². The molecule has 0 aliphatic heterocycles. The lowest BCUT2D eigenvalue weighted by Gasteiger charge is -2.22. The van der Waals surface area contributed by atoms with E-state index in [1.807, 2.05) is 18.7 Å². The van der Waals surface area contributed by atoms with Crippen molar-refractivity contribution in [3.63, 3.8) is 0 Å². The van der Waals surface area contributed by atoms with Crippen molar-refractivity contribution in [1.29, 1.82) is 0 Å². The lowest BCUT2D eigenvalue weighted by molar-refractivity contribution is 0.107. The highest BCUT2D eigenvalue weighted by atomic mass is 16.5. The molecule has 0 spiro atoms. The van der Waals surface area contributed by atoms with Gasteiger partial charge in [0.15, 0.2) is 0 Å². The van der Waals surface area contributed by atoms with Crippen molar-refractivity contribution < 1.29 is 4.74 Å². The van der Waals surface area contributed by atoms with E-state index in [0.717, 1.165) is 31.9 Å². The Kier molecular flexibility index (Phi) is 6.36. The lowest BCUT2D eigenvalue weighted by atomic mass is 10.1. The van der Waals surface area contributed by atoms with E-state index >= 15 is 0 Å². The van der Waals surface area contributed by atoms with Crippen LogP contribution in [-0.2, 0) is 24.8 Å². The highest BCUT2D eigenvalue weighted by molar-refractivity contribution is 5.10. The molecular weight excluding hydrogens is 226 g/mol. The van der Waals surface area contributed by atoms with Crippen molar-refractivity contribution in [1.82, 2.24) is 15.1 Å². The summed E-state index contributed by atoms with van der Waals surface area (Å²) in [6.45, 7) is 11.0. The third kappa shape index (κ3) is 4.42. The van der Waals surface area contributed by atoms with Gasteiger partial charge in [-0.3, -0.25) is 4.68 Å². The summed E-state index contributed by atoms with van der Waals surface area (Å²) in [6.07, 6.45) is 0.987. The maximum absolute atomic E-state index is 5.52. The average Bonchev–Trinajstić information content (AvgIpc) is 2.70. The van der Waals surface area contributed by atoms with Crippen LogP contribution in [-0.4, -0.2) is 29.0 Å². The van der Waals surface area contributed by atoms with E-state index in [0.29, 0.717) is 12.0 Å². The van der Waals surface area contributed by atoms with Crippen LogP contribution in [0.15, 0.2) is 6.07 Å². The number of aromatic nitrogens is 2. The Bertz CT molecular complexity index is 347. The molecule has 1 unspecified atom stereocenters. The smallest absolute Gasteiger partial charge is 0.0625 e. The van der Waals surface area contributed by atoms with E-state index in [-0.39, 0.29) is 0 Å². The molecule has 1 N–H and O–H groups in total. The van der Waals surface area contributed by atoms with Crippen LogP contribution in [0.5, 0.6) is 0 Å². The molecule has 0 aliphatic rings. The molecule has 0 saturated carbocycles. The summed E-state index contributed by atoms with van der Waals surface area (Å²) < 4.78 is 7.48. The molecule has 1 aromatic heterocycles. The Balaban J connectivity index is 2.52. The third-order valence-electron chi connectivity index (χ3n) is 3.24. The fraction of sp³-hybridized carbons (Fsp3) is 0.786. The van der Waals surface area contributed by atoms with Crippen LogP contribution in [0.25, 0.3) is 0 Å². The molecule has 0 radical (unpaired) electrons. The molecule has 1 heterocycles. The zero-order chi connectivity index (χ0) is 13.5. The Morgan fingerprint density at radius 2 is 2.11 bits per heavy atom. The van der Waals surface area contributed by atoms with Gasteiger partial charge in [0.05, 0.1) is 18.0 Å². The summed E-state index contributed by atoms with van der Waals surface area (Å²) in [4.78, 5) is 0. The number of hydrogen-bond acceptors (Lipinski definition) is 3. The maximum Gasteiger partial charge on any atom is 0.0625 e. The summed E-state index contributed by atoms with van der Waals surface area (Å²) in [6, 6.07) is 2.57. The van der Waals surface area contributed by atoms with Gasteiger partial charge in [-0.25, -0.2) is 0 Å². The molecule has 0 aliphatic carbocycles. The highest BCUT2D eigenvalue weighted by Gasteiger charge is 2.13. The first-order valence-corrected chi connectivity index (χ1v) is 6.91. The van der Waals surface area contributed by atoms with Gasteiger partial charge in [0.1, 0.15) is 0 Å². The summed E-state index contributed by atoms with van der Waals surface area (Å²) in [5.41, 5.74) is 2.38. The van der Waals surface area contributed by atoms with Crippen molar-refractivity contribution in [3.05, 3.63) is 17.5 Å². The fourth-order valence-corrected chi connectivity index (χ4v) is 1.88. The molecule has 1 atom stereocenters. The summed E-state index contributed by atoms with van der Waals surface area (Å²) >= 11 is 0. The van der Waals surface area contributed by atoms with Crippen molar-refractivity contribution in [2.45, 2.75) is 46.7 Å². The van der Waals surface area contributed by atoms with Gasteiger partial charge >= 0.3 is 0 Å². The molecule has 0 bridgehead atoms. The van der Waals surface area contributed by atoms with Gasteiger partial charge in [0.25, 0.3) is 0 Å². The van der Waals surface area contributed by atoms with Crippen LogP contribution in [0.2, 0.25) is 0 Å². The zero-order valence-electron chi connectivity index (χ0n) is 12.4. The molecule has 1 aromatic rings. The molecule has 0 aromatic carbocycles. The predicted octanol–water partition coefficient (Wildman–Crippen LogP) is 2.13. The highest BCUT2D eigenvalue weighted by Crippen LogP contribution is 2.07. The average molecular weight is 253 g/mol. The molecule has 1 rings (SSSR count). The monoisotopic (exact) mass is 253 g/mol. The number of ether oxygens (including phenoxy) is 1. The van der Waals surface area contributed by atoms with Crippen molar-refractivity contribution in [3.8, 4) is 0 Å². The van der Waals surface area contributed by atoms with Gasteiger partial charge in [0.2, 0.25) is 0 Å². The molecule has 0 amide bonds. The Hall–Kier alpha value is -0.870. The predicted molar refractivity (Wildman–Crippen MR) is 74.5 cm³/mol. The van der Waals surface area contributed by atoms with Crippen molar-refractivity contribution in [2.75, 3.05) is 13.2 Å². The number of hydrogen-bond donors (Lipinski definition) is 1. The lowest BCUT2D eigenvalue weighted by Crippen LogP contribution is -2.38. The van der Waals surface area contributed by atoms with E-state index in [9.17, 15) is 0 Å². The number of nitrogens with one attached hydrogen (secondary N) is 1. The second kappa shape index (κ2) is 7.54. The minimum atomic E-state index is 0.393. The molecule has 18 heavy (non-hydrogen) atoms. The quantitative estimate of drug-likeness (QED) is 0.771. The number of aryl methyl sites for hydroxylation is 2. The SMILES string of the molecule is CCOCC(NCc1cc(CC)nn1C)C(C)C. The maximum atomic E-state index is 5.52. The second-order valence-corrected chi connectivity index (χ2v) is 5.00. The molecule has 4 heteroatoms. The van der Waals surface area contributed by atoms with Gasteiger partial charge in [-0.2, -0.15) is 5.10 Å². The van der Waals surface area contributed by atoms with Gasteiger partial charge in [-0.15, -0.1) is 0 Å². The van der Waals surface area contributed by atoms with Gasteiger partial charge < -0.3 is 10.1 Å². The third-order valence-corrected chi connectivity index (χ3v) is 3.24. The van der Waals surface area contributed by atoms with E-state index < -0.39 is 0 Å². The molecule has 104 valence electrons. The number of rotatable bonds is 8. The molecular formula is C14H27N3O. The van der Waals surface area contributed by atoms with Crippen molar-refractivity contribution >= 4 is 0 Å². The first-order valence-electron chi connectivity index (χ1n) is 6.91. The van der Waals surface area contributed by atoms with Crippen LogP contribution in [0.1, 0.15) is 39.1 Å². The van der Waals surface area contributed by atoms with Crippen LogP contribution < -0.4 is 5.32 Å². The Labute approximate surface area is 111 Å². The summed E-state index contributed by atoms with van der Waals surface area (Å²) in [7, 11) is 2.00. The van der Waals surface area contributed by atoms with E-state index in [2.05, 4.69) is 37.3 Å². The normalized spacial score (nSPS) is 13.2. The number of nitrogens with zero attached hydrogens (tertiary/aromatic N) is 2. The summed E-state index contributed by atoms with van der Waals surface area (Å²) in [5.74, 6) is 0.565. The van der Waals surface area contributed by atoms with Crippen molar-refractivity contribution in [2.24, 2.45) is 13.0 Å². The zero-order valence-corrected chi connectivity index (χ0v) is 12.4. The molecule has 4 nitrogen and oxygen atoms in total. The Morgan fingerprint density at radius 3 is 2.61 bits per heavy atom. The minimum Gasteiger partial charge on any atom is -0.380 e. The first-order chi connectivity index (χ1) is 8.58. The fourth-order valence-electron chi connectivity index (χ4n) is 1.88. The topological polar surface area (TPSA) is 39.1 Å². The standard InChI is InChI=1S/C14H27N3O/c1-6-12-8-13(17(5)16-12)9-15-14(11(3)4)10-18-7-2/h8,11,14-15H,6-7,9-10H2,1-5H3. The van der Waals surface area contributed by atoms with Crippen LogP contribution in [0.3, 0.4) is 0 Å². The summed E-state index contributed by atoms with van der Waals surface area (Å²) in [5, 5.41) is 8.02. The van der Waals surface area contributed by atoms with Gasteiger partial charge in [0, 0.05) is 26.2 Å².